The van der Waals surface area contributed by atoms with Gasteiger partial charge in [-0.3, -0.25) is 0 Å². The van der Waals surface area contributed by atoms with E-state index in [9.17, 15) is 8.42 Å². The van der Waals surface area contributed by atoms with Crippen LogP contribution >= 0.6 is 0 Å². The van der Waals surface area contributed by atoms with E-state index in [4.69, 9.17) is 18.9 Å². The minimum Gasteiger partial charge on any atom is -0.497 e. The van der Waals surface area contributed by atoms with Gasteiger partial charge in [0.25, 0.3) is 0 Å². The van der Waals surface area contributed by atoms with Crippen molar-refractivity contribution >= 4 is 10.0 Å². The Hall–Kier alpha value is -2.29. The highest BCUT2D eigenvalue weighted by molar-refractivity contribution is 7.89. The number of nitrogens with zero attached hydrogens (tertiary/aromatic N) is 1. The van der Waals surface area contributed by atoms with E-state index in [0.717, 1.165) is 11.3 Å². The maximum atomic E-state index is 13.2. The van der Waals surface area contributed by atoms with Crippen LogP contribution in [0.2, 0.25) is 0 Å². The SMILES string of the molecule is COc1ccc(C2CN(S(=O)(=O)c3cc(OC)ccc3OC)CCO2)cc1. The van der Waals surface area contributed by atoms with Crippen molar-refractivity contribution in [3.05, 3.63) is 48.0 Å². The lowest BCUT2D eigenvalue weighted by Crippen LogP contribution is -2.42. The molecule has 2 aromatic rings. The molecule has 0 saturated carbocycles. The van der Waals surface area contributed by atoms with Crippen LogP contribution in [0.4, 0.5) is 0 Å². The van der Waals surface area contributed by atoms with E-state index in [1.54, 1.807) is 19.2 Å². The van der Waals surface area contributed by atoms with Gasteiger partial charge in [-0.2, -0.15) is 4.31 Å². The highest BCUT2D eigenvalue weighted by Gasteiger charge is 2.33. The first kappa shape index (κ1) is 19.5. The molecule has 1 fully saturated rings. The Morgan fingerprint density at radius 2 is 1.63 bits per heavy atom. The number of ether oxygens (including phenoxy) is 4. The van der Waals surface area contributed by atoms with Crippen LogP contribution in [0.25, 0.3) is 0 Å². The van der Waals surface area contributed by atoms with E-state index in [1.807, 2.05) is 24.3 Å². The van der Waals surface area contributed by atoms with E-state index in [0.29, 0.717) is 12.4 Å². The minimum atomic E-state index is -3.77. The topological polar surface area (TPSA) is 74.3 Å². The van der Waals surface area contributed by atoms with Crippen molar-refractivity contribution in [2.24, 2.45) is 0 Å². The van der Waals surface area contributed by atoms with Crippen molar-refractivity contribution in [2.75, 3.05) is 41.0 Å². The predicted molar refractivity (Wildman–Crippen MR) is 100.0 cm³/mol. The average Bonchev–Trinajstić information content (AvgIpc) is 2.73. The third-order valence-corrected chi connectivity index (χ3v) is 6.39. The molecule has 0 amide bonds. The molecule has 1 saturated heterocycles. The van der Waals surface area contributed by atoms with Crippen LogP contribution in [0.3, 0.4) is 0 Å². The quantitative estimate of drug-likeness (QED) is 0.751. The first-order valence-corrected chi connectivity index (χ1v) is 9.91. The summed E-state index contributed by atoms with van der Waals surface area (Å²) in [5, 5.41) is 0. The number of sulfonamides is 1. The smallest absolute Gasteiger partial charge is 0.247 e. The van der Waals surface area contributed by atoms with Gasteiger partial charge in [-0.1, -0.05) is 12.1 Å². The second-order valence-corrected chi connectivity index (χ2v) is 7.92. The molecule has 1 heterocycles. The molecule has 0 aromatic heterocycles. The van der Waals surface area contributed by atoms with Gasteiger partial charge in [0.1, 0.15) is 22.1 Å². The molecule has 8 heteroatoms. The van der Waals surface area contributed by atoms with Gasteiger partial charge in [-0.05, 0) is 29.8 Å². The Kier molecular flexibility index (Phi) is 5.88. The van der Waals surface area contributed by atoms with Gasteiger partial charge in [0.15, 0.2) is 0 Å². The molecule has 1 aliphatic rings. The Morgan fingerprint density at radius 1 is 0.963 bits per heavy atom. The fourth-order valence-electron chi connectivity index (χ4n) is 2.99. The van der Waals surface area contributed by atoms with Gasteiger partial charge in [0.05, 0.1) is 34.0 Å². The van der Waals surface area contributed by atoms with Crippen molar-refractivity contribution in [3.8, 4) is 17.2 Å². The zero-order chi connectivity index (χ0) is 19.4. The molecule has 1 atom stereocenters. The predicted octanol–water partition coefficient (Wildman–Crippen LogP) is 2.47. The average molecular weight is 393 g/mol. The van der Waals surface area contributed by atoms with Gasteiger partial charge in [-0.15, -0.1) is 0 Å². The van der Waals surface area contributed by atoms with E-state index in [2.05, 4.69) is 0 Å². The maximum absolute atomic E-state index is 13.2. The van der Waals surface area contributed by atoms with Crippen molar-refractivity contribution in [1.82, 2.24) is 4.31 Å². The van der Waals surface area contributed by atoms with Crippen LogP contribution < -0.4 is 14.2 Å². The van der Waals surface area contributed by atoms with E-state index in [-0.39, 0.29) is 29.8 Å². The molecule has 0 N–H and O–H groups in total. The Bertz CT molecular complexity index is 882. The molecule has 7 nitrogen and oxygen atoms in total. The summed E-state index contributed by atoms with van der Waals surface area (Å²) >= 11 is 0. The van der Waals surface area contributed by atoms with Gasteiger partial charge >= 0.3 is 0 Å². The number of hydrogen-bond acceptors (Lipinski definition) is 6. The summed E-state index contributed by atoms with van der Waals surface area (Å²) in [7, 11) is 0.769. The Balaban J connectivity index is 1.88. The molecule has 146 valence electrons. The number of morpholine rings is 1. The van der Waals surface area contributed by atoms with Gasteiger partial charge in [-0.25, -0.2) is 8.42 Å². The third-order valence-electron chi connectivity index (χ3n) is 4.51. The monoisotopic (exact) mass is 393 g/mol. The van der Waals surface area contributed by atoms with Crippen molar-refractivity contribution in [1.29, 1.82) is 0 Å². The first-order valence-electron chi connectivity index (χ1n) is 8.47. The molecular weight excluding hydrogens is 370 g/mol. The van der Waals surface area contributed by atoms with Crippen LogP contribution in [0.5, 0.6) is 17.2 Å². The molecule has 0 aliphatic carbocycles. The van der Waals surface area contributed by atoms with E-state index in [1.165, 1.54) is 24.6 Å². The summed E-state index contributed by atoms with van der Waals surface area (Å²) in [5.41, 5.74) is 0.897. The molecule has 2 aromatic carbocycles. The maximum Gasteiger partial charge on any atom is 0.247 e. The van der Waals surface area contributed by atoms with Gasteiger partial charge in [0.2, 0.25) is 10.0 Å². The van der Waals surface area contributed by atoms with Crippen LogP contribution in [0, 0.1) is 0 Å². The first-order chi connectivity index (χ1) is 13.0. The lowest BCUT2D eigenvalue weighted by molar-refractivity contribution is -0.00261. The Morgan fingerprint density at radius 3 is 2.26 bits per heavy atom. The summed E-state index contributed by atoms with van der Waals surface area (Å²) in [5.74, 6) is 1.47. The minimum absolute atomic E-state index is 0.0831. The zero-order valence-corrected chi connectivity index (χ0v) is 16.4. The van der Waals surface area contributed by atoms with Gasteiger partial charge < -0.3 is 18.9 Å². The number of rotatable bonds is 6. The zero-order valence-electron chi connectivity index (χ0n) is 15.5. The summed E-state index contributed by atoms with van der Waals surface area (Å²) in [6, 6.07) is 12.2. The molecular formula is C19H23NO6S. The molecule has 0 radical (unpaired) electrons. The van der Waals surface area contributed by atoms with Crippen LogP contribution in [-0.2, 0) is 14.8 Å². The second-order valence-electron chi connectivity index (χ2n) is 6.01. The molecule has 1 unspecified atom stereocenters. The van der Waals surface area contributed by atoms with Crippen molar-refractivity contribution in [2.45, 2.75) is 11.0 Å². The molecule has 27 heavy (non-hydrogen) atoms. The van der Waals surface area contributed by atoms with Crippen LogP contribution in [0.1, 0.15) is 11.7 Å². The fraction of sp³-hybridized carbons (Fsp3) is 0.368. The van der Waals surface area contributed by atoms with E-state index < -0.39 is 10.0 Å². The highest BCUT2D eigenvalue weighted by Crippen LogP contribution is 2.33. The lowest BCUT2D eigenvalue weighted by atomic mass is 10.1. The summed E-state index contributed by atoms with van der Waals surface area (Å²) in [4.78, 5) is 0.0831. The standard InChI is InChI=1S/C19H23NO6S/c1-23-15-6-4-14(5-7-15)18-13-20(10-11-26-18)27(21,22)19-12-16(24-2)8-9-17(19)25-3/h4-9,12,18H,10-11,13H2,1-3H3. The van der Waals surface area contributed by atoms with E-state index >= 15 is 0 Å². The normalized spacial score (nSPS) is 18.1. The largest absolute Gasteiger partial charge is 0.497 e. The van der Waals surface area contributed by atoms with Crippen molar-refractivity contribution in [3.63, 3.8) is 0 Å². The van der Waals surface area contributed by atoms with Crippen molar-refractivity contribution < 1.29 is 27.4 Å². The summed E-state index contributed by atoms with van der Waals surface area (Å²) < 4.78 is 49.3. The summed E-state index contributed by atoms with van der Waals surface area (Å²) in [6.07, 6.45) is -0.351. The second kappa shape index (κ2) is 8.16. The molecule has 0 spiro atoms. The van der Waals surface area contributed by atoms with Crippen LogP contribution in [-0.4, -0.2) is 53.7 Å². The lowest BCUT2D eigenvalue weighted by Gasteiger charge is -2.32. The third kappa shape index (κ3) is 4.02. The molecule has 1 aliphatic heterocycles. The van der Waals surface area contributed by atoms with Crippen LogP contribution in [0.15, 0.2) is 47.4 Å². The number of benzene rings is 2. The number of hydrogen-bond donors (Lipinski definition) is 0. The van der Waals surface area contributed by atoms with Gasteiger partial charge in [0, 0.05) is 19.2 Å². The number of methoxy groups -OCH3 is 3. The Labute approximate surface area is 159 Å². The molecule has 0 bridgehead atoms. The summed E-state index contributed by atoms with van der Waals surface area (Å²) in [6.45, 7) is 0.798. The highest BCUT2D eigenvalue weighted by atomic mass is 32.2. The molecule has 3 rings (SSSR count). The fourth-order valence-corrected chi connectivity index (χ4v) is 4.58.